The minimum Gasteiger partial charge on any atom is -0.325 e. The van der Waals surface area contributed by atoms with Crippen LogP contribution in [0, 0.1) is 13.8 Å². The Morgan fingerprint density at radius 1 is 0.704 bits per heavy atom. The zero-order chi connectivity index (χ0) is 19.1. The van der Waals surface area contributed by atoms with E-state index in [0.717, 1.165) is 17.9 Å². The van der Waals surface area contributed by atoms with E-state index in [2.05, 4.69) is 109 Å². The van der Waals surface area contributed by atoms with Crippen molar-refractivity contribution in [2.75, 3.05) is 6.54 Å². The monoisotopic (exact) mass is 355 g/mol. The predicted molar refractivity (Wildman–Crippen MR) is 116 cm³/mol. The van der Waals surface area contributed by atoms with Crippen LogP contribution in [0.2, 0.25) is 0 Å². The van der Waals surface area contributed by atoms with Gasteiger partial charge in [0.25, 0.3) is 0 Å². The zero-order valence-electron chi connectivity index (χ0n) is 16.1. The normalized spacial score (nSPS) is 11.5. The summed E-state index contributed by atoms with van der Waals surface area (Å²) in [5, 5.41) is 0. The zero-order valence-corrected chi connectivity index (χ0v) is 16.1. The van der Waals surface area contributed by atoms with Crippen molar-refractivity contribution >= 4 is 24.3 Å². The molecule has 0 aliphatic heterocycles. The summed E-state index contributed by atoms with van der Waals surface area (Å²) in [6.07, 6.45) is 8.63. The van der Waals surface area contributed by atoms with Crippen molar-refractivity contribution < 1.29 is 4.57 Å². The Morgan fingerprint density at radius 3 is 1.63 bits per heavy atom. The van der Waals surface area contributed by atoms with Gasteiger partial charge in [-0.05, 0) is 43.2 Å². The second-order valence-corrected chi connectivity index (χ2v) is 6.81. The Morgan fingerprint density at radius 2 is 1.19 bits per heavy atom. The third-order valence-corrected chi connectivity index (χ3v) is 4.49. The lowest BCUT2D eigenvalue weighted by Crippen LogP contribution is -2.43. The van der Waals surface area contributed by atoms with Crippen LogP contribution >= 0.6 is 0 Å². The molecule has 0 fully saturated rings. The number of nitrogens with zero attached hydrogens (tertiary/aromatic N) is 1. The molecule has 0 radical (unpaired) electrons. The van der Waals surface area contributed by atoms with Gasteiger partial charge in [0.05, 0.1) is 6.54 Å². The fourth-order valence-corrected chi connectivity index (χ4v) is 3.16. The van der Waals surface area contributed by atoms with Gasteiger partial charge in [0.1, 0.15) is 0 Å². The molecule has 0 saturated carbocycles. The quantitative estimate of drug-likeness (QED) is 0.627. The molecule has 2 nitrogen and oxygen atoms in total. The summed E-state index contributed by atoms with van der Waals surface area (Å²) in [4.78, 5) is 0. The Hall–Kier alpha value is -2.97. The molecule has 3 rings (SSSR count). The maximum Gasteiger partial charge on any atom is 0.205 e. The summed E-state index contributed by atoms with van der Waals surface area (Å²) in [7, 11) is 0. The van der Waals surface area contributed by atoms with Crippen LogP contribution in [-0.4, -0.2) is 6.54 Å². The van der Waals surface area contributed by atoms with E-state index in [1.807, 2.05) is 0 Å². The highest BCUT2D eigenvalue weighted by Crippen LogP contribution is 2.11. The van der Waals surface area contributed by atoms with E-state index in [-0.39, 0.29) is 0 Å². The molecular weight excluding hydrogens is 328 g/mol. The summed E-state index contributed by atoms with van der Waals surface area (Å²) in [5.41, 5.74) is 13.1. The van der Waals surface area contributed by atoms with Crippen LogP contribution in [0.3, 0.4) is 0 Å². The molecule has 136 valence electrons. The molecule has 2 aromatic carbocycles. The second-order valence-electron chi connectivity index (χ2n) is 6.81. The molecule has 0 bridgehead atoms. The highest BCUT2D eigenvalue weighted by atomic mass is 15.0. The van der Waals surface area contributed by atoms with E-state index in [1.54, 1.807) is 0 Å². The van der Waals surface area contributed by atoms with E-state index < -0.39 is 0 Å². The lowest BCUT2D eigenvalue weighted by atomic mass is 10.1. The van der Waals surface area contributed by atoms with Gasteiger partial charge in [0.15, 0.2) is 6.54 Å². The Kier molecular flexibility index (Phi) is 6.35. The third-order valence-electron chi connectivity index (χ3n) is 4.49. The molecule has 27 heavy (non-hydrogen) atoms. The van der Waals surface area contributed by atoms with Crippen molar-refractivity contribution in [1.82, 2.24) is 0 Å². The highest BCUT2D eigenvalue weighted by Gasteiger charge is 2.11. The van der Waals surface area contributed by atoms with Gasteiger partial charge >= 0.3 is 0 Å². The minimum absolute atomic E-state index is 0.602. The molecule has 0 aliphatic rings. The smallest absolute Gasteiger partial charge is 0.205 e. The fourth-order valence-electron chi connectivity index (χ4n) is 3.16. The number of aromatic nitrogens is 1. The topological polar surface area (TPSA) is 29.9 Å². The van der Waals surface area contributed by atoms with E-state index in [0.29, 0.717) is 6.54 Å². The lowest BCUT2D eigenvalue weighted by Gasteiger charge is -2.04. The van der Waals surface area contributed by atoms with Crippen molar-refractivity contribution in [3.05, 3.63) is 100 Å². The SMILES string of the molecule is Cc1cccc(/C=C/c2cccc(/C=C/c3cccc(C)c3)[n+]2CCN)c1. The number of nitrogens with two attached hydrogens (primary N) is 1. The van der Waals surface area contributed by atoms with Gasteiger partial charge in [-0.15, -0.1) is 0 Å². The summed E-state index contributed by atoms with van der Waals surface area (Å²) in [5.74, 6) is 0. The van der Waals surface area contributed by atoms with Crippen LogP contribution in [0.25, 0.3) is 24.3 Å². The van der Waals surface area contributed by atoms with Gasteiger partial charge in [0, 0.05) is 24.3 Å². The van der Waals surface area contributed by atoms with Crippen molar-refractivity contribution in [3.8, 4) is 0 Å². The Bertz CT molecular complexity index is 894. The molecule has 0 spiro atoms. The first kappa shape index (κ1) is 18.8. The third kappa shape index (κ3) is 5.25. The molecule has 0 saturated heterocycles. The molecular formula is C25H27N2+. The number of hydrogen-bond acceptors (Lipinski definition) is 1. The van der Waals surface area contributed by atoms with E-state index in [4.69, 9.17) is 5.73 Å². The highest BCUT2D eigenvalue weighted by molar-refractivity contribution is 5.69. The molecule has 0 unspecified atom stereocenters. The van der Waals surface area contributed by atoms with Gasteiger partial charge in [-0.2, -0.15) is 4.57 Å². The van der Waals surface area contributed by atoms with E-state index in [1.165, 1.54) is 22.3 Å². The molecule has 1 heterocycles. The molecule has 2 heteroatoms. The van der Waals surface area contributed by atoms with Crippen LogP contribution in [0.15, 0.2) is 66.7 Å². The first-order valence-corrected chi connectivity index (χ1v) is 9.38. The summed E-state index contributed by atoms with van der Waals surface area (Å²) >= 11 is 0. The predicted octanol–water partition coefficient (Wildman–Crippen LogP) is 4.89. The average Bonchev–Trinajstić information content (AvgIpc) is 2.66. The van der Waals surface area contributed by atoms with Crippen molar-refractivity contribution in [3.63, 3.8) is 0 Å². The fraction of sp³-hybridized carbons (Fsp3) is 0.160. The standard InChI is InChI=1S/C25H27N2/c1-20-6-3-8-22(18-20)12-14-24-10-5-11-25(27(24)17-16-26)15-13-23-9-4-7-21(2)19-23/h3-15,18-19H,16-17,26H2,1-2H3/q+1/b14-12+,15-13+. The van der Waals surface area contributed by atoms with Gasteiger partial charge in [-0.25, -0.2) is 0 Å². The van der Waals surface area contributed by atoms with Crippen LogP contribution in [0.4, 0.5) is 0 Å². The van der Waals surface area contributed by atoms with Gasteiger partial charge < -0.3 is 5.73 Å². The van der Waals surface area contributed by atoms with E-state index in [9.17, 15) is 0 Å². The van der Waals surface area contributed by atoms with Crippen LogP contribution in [0.1, 0.15) is 33.6 Å². The van der Waals surface area contributed by atoms with Gasteiger partial charge in [-0.3, -0.25) is 0 Å². The van der Waals surface area contributed by atoms with Crippen molar-refractivity contribution in [2.45, 2.75) is 20.4 Å². The van der Waals surface area contributed by atoms with Gasteiger partial charge in [-0.1, -0.05) is 59.7 Å². The number of rotatable bonds is 6. The second kappa shape index (κ2) is 9.11. The molecule has 3 aromatic rings. The molecule has 1 aromatic heterocycles. The van der Waals surface area contributed by atoms with Crippen LogP contribution in [-0.2, 0) is 6.54 Å². The molecule has 2 N–H and O–H groups in total. The number of pyridine rings is 1. The molecule has 0 atom stereocenters. The number of benzene rings is 2. The number of hydrogen-bond donors (Lipinski definition) is 1. The lowest BCUT2D eigenvalue weighted by molar-refractivity contribution is -0.697. The average molecular weight is 356 g/mol. The summed E-state index contributed by atoms with van der Waals surface area (Å²) in [6.45, 7) is 5.61. The Balaban J connectivity index is 1.92. The maximum atomic E-state index is 5.88. The first-order valence-electron chi connectivity index (χ1n) is 9.38. The molecule has 0 amide bonds. The van der Waals surface area contributed by atoms with Crippen molar-refractivity contribution in [2.24, 2.45) is 5.73 Å². The number of aryl methyl sites for hydroxylation is 2. The summed E-state index contributed by atoms with van der Waals surface area (Å²) < 4.78 is 2.26. The van der Waals surface area contributed by atoms with Crippen LogP contribution < -0.4 is 10.3 Å². The first-order chi connectivity index (χ1) is 13.2. The van der Waals surface area contributed by atoms with Crippen molar-refractivity contribution in [1.29, 1.82) is 0 Å². The maximum absolute atomic E-state index is 5.88. The van der Waals surface area contributed by atoms with Gasteiger partial charge in [0.2, 0.25) is 11.4 Å². The summed E-state index contributed by atoms with van der Waals surface area (Å²) in [6, 6.07) is 23.4. The largest absolute Gasteiger partial charge is 0.325 e. The van der Waals surface area contributed by atoms with E-state index >= 15 is 0 Å². The molecule has 0 aliphatic carbocycles. The minimum atomic E-state index is 0.602. The van der Waals surface area contributed by atoms with Crippen LogP contribution in [0.5, 0.6) is 0 Å². The Labute approximate surface area is 162 Å².